The predicted octanol–water partition coefficient (Wildman–Crippen LogP) is 1.01. The normalized spacial score (nSPS) is 20.7. The zero-order chi connectivity index (χ0) is 23.0. The minimum atomic E-state index is -1.23. The summed E-state index contributed by atoms with van der Waals surface area (Å²) in [5.41, 5.74) is 6.39. The van der Waals surface area contributed by atoms with Crippen molar-refractivity contribution in [3.05, 3.63) is 38.7 Å². The second-order valence-electron chi connectivity index (χ2n) is 6.70. The summed E-state index contributed by atoms with van der Waals surface area (Å²) in [5.74, 6) is -2.28. The van der Waals surface area contributed by atoms with Crippen LogP contribution in [0, 0.1) is 0 Å². The van der Waals surface area contributed by atoms with E-state index in [1.54, 1.807) is 7.11 Å². The molecule has 5 N–H and O–H groups in total. The van der Waals surface area contributed by atoms with Crippen LogP contribution in [0.4, 0.5) is 5.13 Å². The topological polar surface area (TPSA) is 167 Å². The number of carboxylic acid groups (broad SMARTS) is 1. The SMILES string of the molecule is COCc1sccc1C1=C(C(=O)O)N2C(=O)[C@@H](NC(=O)/C(=N/O)c3csc(N)n3)[C@H]2SC1. The van der Waals surface area contributed by atoms with E-state index in [9.17, 15) is 24.7 Å². The highest BCUT2D eigenvalue weighted by Crippen LogP contribution is 2.44. The van der Waals surface area contributed by atoms with Crippen molar-refractivity contribution in [2.24, 2.45) is 5.16 Å². The first kappa shape index (κ1) is 22.3. The number of oxime groups is 1. The number of methoxy groups -OCH3 is 1. The van der Waals surface area contributed by atoms with Crippen LogP contribution < -0.4 is 11.1 Å². The number of thiophene rings is 1. The number of anilines is 1. The van der Waals surface area contributed by atoms with Crippen LogP contribution in [0.5, 0.6) is 0 Å². The highest BCUT2D eigenvalue weighted by molar-refractivity contribution is 8.00. The number of carbonyl (C=O) groups is 3. The van der Waals surface area contributed by atoms with Crippen molar-refractivity contribution < 1.29 is 29.4 Å². The maximum atomic E-state index is 12.9. The molecule has 0 aliphatic carbocycles. The zero-order valence-electron chi connectivity index (χ0n) is 16.5. The number of aromatic nitrogens is 1. The molecule has 0 radical (unpaired) electrons. The lowest BCUT2D eigenvalue weighted by molar-refractivity contribution is -0.149. The van der Waals surface area contributed by atoms with Gasteiger partial charge in [-0.1, -0.05) is 5.16 Å². The lowest BCUT2D eigenvalue weighted by Gasteiger charge is -2.49. The second kappa shape index (κ2) is 8.90. The van der Waals surface area contributed by atoms with Crippen molar-refractivity contribution in [3.63, 3.8) is 0 Å². The molecule has 0 aromatic carbocycles. The number of thiazole rings is 1. The number of ether oxygens (including phenoxy) is 1. The van der Waals surface area contributed by atoms with Crippen LogP contribution >= 0.6 is 34.4 Å². The summed E-state index contributed by atoms with van der Waals surface area (Å²) >= 11 is 3.85. The first-order valence-electron chi connectivity index (χ1n) is 9.08. The highest BCUT2D eigenvalue weighted by atomic mass is 32.2. The van der Waals surface area contributed by atoms with Crippen LogP contribution in [0.2, 0.25) is 0 Å². The van der Waals surface area contributed by atoms with Crippen molar-refractivity contribution in [2.75, 3.05) is 18.6 Å². The van der Waals surface area contributed by atoms with Gasteiger partial charge in [-0.3, -0.25) is 14.5 Å². The Morgan fingerprint density at radius 2 is 2.22 bits per heavy atom. The Kier molecular flexibility index (Phi) is 6.19. The Morgan fingerprint density at radius 3 is 2.84 bits per heavy atom. The van der Waals surface area contributed by atoms with E-state index < -0.39 is 29.2 Å². The van der Waals surface area contributed by atoms with Crippen molar-refractivity contribution in [1.82, 2.24) is 15.2 Å². The van der Waals surface area contributed by atoms with Crippen LogP contribution in [0.3, 0.4) is 0 Å². The number of β-lactam (4-membered cyclic amide) rings is 1. The minimum absolute atomic E-state index is 0.0731. The number of carbonyl (C=O) groups excluding carboxylic acids is 2. The zero-order valence-corrected chi connectivity index (χ0v) is 18.9. The summed E-state index contributed by atoms with van der Waals surface area (Å²) in [5, 5.41) is 27.5. The summed E-state index contributed by atoms with van der Waals surface area (Å²) in [4.78, 5) is 43.5. The molecule has 2 aliphatic heterocycles. The van der Waals surface area contributed by atoms with Crippen molar-refractivity contribution in [3.8, 4) is 0 Å². The van der Waals surface area contributed by atoms with E-state index in [0.717, 1.165) is 21.8 Å². The number of hydrogen-bond donors (Lipinski definition) is 4. The van der Waals surface area contributed by atoms with Gasteiger partial charge in [0.2, 0.25) is 0 Å². The third-order valence-corrected chi connectivity index (χ3v) is 7.73. The molecule has 32 heavy (non-hydrogen) atoms. The van der Waals surface area contributed by atoms with E-state index in [0.29, 0.717) is 17.9 Å². The van der Waals surface area contributed by atoms with Crippen molar-refractivity contribution >= 4 is 68.6 Å². The lowest BCUT2D eigenvalue weighted by atomic mass is 9.99. The average molecular weight is 496 g/mol. The number of carboxylic acids is 1. The van der Waals surface area contributed by atoms with E-state index in [4.69, 9.17) is 10.5 Å². The van der Waals surface area contributed by atoms with Crippen LogP contribution in [-0.4, -0.2) is 68.0 Å². The monoisotopic (exact) mass is 495 g/mol. The number of nitrogens with one attached hydrogen (secondary N) is 1. The number of thioether (sulfide) groups is 1. The predicted molar refractivity (Wildman–Crippen MR) is 119 cm³/mol. The Morgan fingerprint density at radius 1 is 1.44 bits per heavy atom. The molecule has 4 heterocycles. The fraction of sp³-hybridized carbons (Fsp3) is 0.278. The molecule has 1 saturated heterocycles. The third-order valence-electron chi connectivity index (χ3n) is 4.88. The summed E-state index contributed by atoms with van der Waals surface area (Å²) in [6, 6.07) is 0.836. The number of nitrogens with zero attached hydrogens (tertiary/aromatic N) is 3. The van der Waals surface area contributed by atoms with E-state index in [2.05, 4.69) is 15.5 Å². The highest BCUT2D eigenvalue weighted by Gasteiger charge is 2.54. The Labute approximate surface area is 193 Å². The second-order valence-corrected chi connectivity index (χ2v) is 9.70. The van der Waals surface area contributed by atoms with Gasteiger partial charge in [0, 0.05) is 28.7 Å². The maximum absolute atomic E-state index is 12.9. The number of aliphatic carboxylic acids is 1. The molecule has 2 amide bonds. The van der Waals surface area contributed by atoms with E-state index in [1.165, 1.54) is 33.4 Å². The van der Waals surface area contributed by atoms with Gasteiger partial charge < -0.3 is 26.1 Å². The molecule has 11 nitrogen and oxygen atoms in total. The fourth-order valence-electron chi connectivity index (χ4n) is 3.50. The van der Waals surface area contributed by atoms with Crippen LogP contribution in [0.1, 0.15) is 16.1 Å². The van der Waals surface area contributed by atoms with Crippen LogP contribution in [0.15, 0.2) is 27.7 Å². The smallest absolute Gasteiger partial charge is 0.352 e. The van der Waals surface area contributed by atoms with Gasteiger partial charge in [-0.05, 0) is 17.0 Å². The molecule has 14 heteroatoms. The van der Waals surface area contributed by atoms with Gasteiger partial charge in [0.1, 0.15) is 22.8 Å². The Hall–Kier alpha value is -2.94. The van der Waals surface area contributed by atoms with Gasteiger partial charge in [0.25, 0.3) is 11.8 Å². The third kappa shape index (κ3) is 3.74. The number of hydrogen-bond acceptors (Lipinski definition) is 11. The van der Waals surface area contributed by atoms with Gasteiger partial charge in [-0.15, -0.1) is 34.4 Å². The number of fused-ring (bicyclic) bond motifs is 1. The first-order valence-corrected chi connectivity index (χ1v) is 11.9. The molecule has 1 fully saturated rings. The summed E-state index contributed by atoms with van der Waals surface area (Å²) in [6.07, 6.45) is 0. The van der Waals surface area contributed by atoms with E-state index in [-0.39, 0.29) is 22.2 Å². The number of nitrogens with two attached hydrogens (primary N) is 1. The van der Waals surface area contributed by atoms with Crippen molar-refractivity contribution in [1.29, 1.82) is 0 Å². The average Bonchev–Trinajstić information content (AvgIpc) is 3.40. The van der Waals surface area contributed by atoms with Gasteiger partial charge in [-0.25, -0.2) is 9.78 Å². The fourth-order valence-corrected chi connectivity index (χ4v) is 6.28. The molecule has 0 spiro atoms. The number of rotatable bonds is 7. The molecule has 2 aromatic heterocycles. The lowest BCUT2D eigenvalue weighted by Crippen LogP contribution is -2.71. The molecular formula is C18H17N5O6S3. The summed E-state index contributed by atoms with van der Waals surface area (Å²) in [7, 11) is 1.55. The minimum Gasteiger partial charge on any atom is -0.477 e. The molecular weight excluding hydrogens is 478 g/mol. The number of nitrogen functional groups attached to an aromatic ring is 1. The molecule has 2 aliphatic rings. The quantitative estimate of drug-likeness (QED) is 0.190. The van der Waals surface area contributed by atoms with Gasteiger partial charge >= 0.3 is 5.97 Å². The van der Waals surface area contributed by atoms with Crippen LogP contribution in [-0.2, 0) is 25.7 Å². The van der Waals surface area contributed by atoms with Crippen molar-refractivity contribution in [2.45, 2.75) is 18.0 Å². The molecule has 0 saturated carbocycles. The van der Waals surface area contributed by atoms with Crippen LogP contribution in [0.25, 0.3) is 5.57 Å². The molecule has 4 rings (SSSR count). The summed E-state index contributed by atoms with van der Waals surface area (Å²) in [6.45, 7) is 0.328. The van der Waals surface area contributed by atoms with E-state index >= 15 is 0 Å². The standard InChI is InChI=1S/C18H17N5O6S3/c1-29-4-10-7(2-3-30-10)8-5-31-16-12(15(25)23(16)13(8)17(26)27)21-14(24)11(22-28)9-6-32-18(19)20-9/h2-3,6,12,16,28H,4-5H2,1H3,(H2,19,20)(H,21,24)(H,26,27)/b22-11+/t12-,16-/m1/s1. The molecule has 2 aromatic rings. The molecule has 0 bridgehead atoms. The van der Waals surface area contributed by atoms with Gasteiger partial charge in [0.15, 0.2) is 10.8 Å². The Bertz CT molecular complexity index is 1160. The van der Waals surface area contributed by atoms with Gasteiger partial charge in [0.05, 0.1) is 6.61 Å². The first-order chi connectivity index (χ1) is 15.4. The maximum Gasteiger partial charge on any atom is 0.352 e. The molecule has 0 unspecified atom stereocenters. The molecule has 2 atom stereocenters. The Balaban J connectivity index is 1.58. The van der Waals surface area contributed by atoms with E-state index in [1.807, 2.05) is 11.4 Å². The largest absolute Gasteiger partial charge is 0.477 e. The molecule has 168 valence electrons. The van der Waals surface area contributed by atoms with Gasteiger partial charge in [-0.2, -0.15) is 0 Å². The summed E-state index contributed by atoms with van der Waals surface area (Å²) < 4.78 is 5.19. The number of amides is 2.